The normalized spacial score (nSPS) is 9.76. The lowest BCUT2D eigenvalue weighted by molar-refractivity contribution is -0.142. The van der Waals surface area contributed by atoms with Crippen molar-refractivity contribution in [2.45, 2.75) is 13.3 Å². The fourth-order valence-corrected chi connectivity index (χ4v) is 1.76. The zero-order valence-corrected chi connectivity index (χ0v) is 10.5. The minimum absolute atomic E-state index is 0.0584. The van der Waals surface area contributed by atoms with Crippen molar-refractivity contribution in [1.82, 2.24) is 4.98 Å². The van der Waals surface area contributed by atoms with E-state index in [0.29, 0.717) is 17.4 Å². The molecule has 0 aliphatic rings. The number of hydrogen-bond acceptors (Lipinski definition) is 7. The number of carbonyl (C=O) groups is 2. The van der Waals surface area contributed by atoms with E-state index in [2.05, 4.69) is 15.0 Å². The molecule has 0 unspecified atom stereocenters. The van der Waals surface area contributed by atoms with Crippen LogP contribution >= 0.6 is 11.3 Å². The molecule has 0 aliphatic heterocycles. The number of anilines is 1. The van der Waals surface area contributed by atoms with E-state index in [4.69, 9.17) is 4.74 Å². The van der Waals surface area contributed by atoms with Gasteiger partial charge in [-0.05, 0) is 6.92 Å². The predicted octanol–water partition coefficient (Wildman–Crippen LogP) is 0.834. The summed E-state index contributed by atoms with van der Waals surface area (Å²) in [5.74, 6) is -0.676. The molecule has 0 bridgehead atoms. The fourth-order valence-electron chi connectivity index (χ4n) is 1.05. The second-order valence-electron chi connectivity index (χ2n) is 3.06. The summed E-state index contributed by atoms with van der Waals surface area (Å²) in [6.45, 7) is 2.17. The Bertz CT molecular complexity index is 391. The second-order valence-corrected chi connectivity index (χ2v) is 3.91. The molecule has 0 spiro atoms. The second kappa shape index (κ2) is 6.85. The van der Waals surface area contributed by atoms with Crippen LogP contribution in [0.5, 0.6) is 0 Å². The zero-order valence-electron chi connectivity index (χ0n) is 9.69. The predicted molar refractivity (Wildman–Crippen MR) is 63.0 cm³/mol. The standard InChI is InChI=1S/C10H14N2O4S/c1-3-16-8(13)4-7-6-17-10(12-7)11-5-9(14)15-2/h6H,3-5H2,1-2H3,(H,11,12). The van der Waals surface area contributed by atoms with Gasteiger partial charge in [0.2, 0.25) is 0 Å². The Labute approximate surface area is 103 Å². The molecule has 6 nitrogen and oxygen atoms in total. The quantitative estimate of drug-likeness (QED) is 0.762. The lowest BCUT2D eigenvalue weighted by Crippen LogP contribution is -2.15. The highest BCUT2D eigenvalue weighted by atomic mass is 32.1. The fraction of sp³-hybridized carbons (Fsp3) is 0.500. The van der Waals surface area contributed by atoms with Gasteiger partial charge in [-0.2, -0.15) is 0 Å². The maximum absolute atomic E-state index is 11.2. The molecular weight excluding hydrogens is 244 g/mol. The van der Waals surface area contributed by atoms with Gasteiger partial charge in [0.1, 0.15) is 6.54 Å². The average Bonchev–Trinajstić information content (AvgIpc) is 2.74. The number of aromatic nitrogens is 1. The Hall–Kier alpha value is -1.63. The first-order valence-corrected chi connectivity index (χ1v) is 5.94. The van der Waals surface area contributed by atoms with Crippen LogP contribution in [0.4, 0.5) is 5.13 Å². The highest BCUT2D eigenvalue weighted by molar-refractivity contribution is 7.13. The Morgan fingerprint density at radius 3 is 2.88 bits per heavy atom. The van der Waals surface area contributed by atoms with Crippen LogP contribution in [0.2, 0.25) is 0 Å². The van der Waals surface area contributed by atoms with E-state index in [1.165, 1.54) is 18.4 Å². The molecule has 1 rings (SSSR count). The molecule has 0 aliphatic carbocycles. The number of ether oxygens (including phenoxy) is 2. The maximum Gasteiger partial charge on any atom is 0.325 e. The van der Waals surface area contributed by atoms with Crippen LogP contribution in [0.25, 0.3) is 0 Å². The molecule has 7 heteroatoms. The van der Waals surface area contributed by atoms with Gasteiger partial charge in [-0.25, -0.2) is 4.98 Å². The summed E-state index contributed by atoms with van der Waals surface area (Å²) in [7, 11) is 1.32. The van der Waals surface area contributed by atoms with Gasteiger partial charge >= 0.3 is 11.9 Å². The van der Waals surface area contributed by atoms with Crippen molar-refractivity contribution in [1.29, 1.82) is 0 Å². The van der Waals surface area contributed by atoms with Gasteiger partial charge in [0, 0.05) is 5.38 Å². The molecule has 1 aromatic heterocycles. The number of rotatable bonds is 6. The van der Waals surface area contributed by atoms with Crippen molar-refractivity contribution in [2.75, 3.05) is 25.6 Å². The topological polar surface area (TPSA) is 77.5 Å². The SMILES string of the molecule is CCOC(=O)Cc1csc(NCC(=O)OC)n1. The molecule has 1 aromatic rings. The minimum atomic E-state index is -0.368. The first-order chi connectivity index (χ1) is 8.15. The van der Waals surface area contributed by atoms with Crippen molar-refractivity contribution in [3.63, 3.8) is 0 Å². The summed E-state index contributed by atoms with van der Waals surface area (Å²) in [4.78, 5) is 26.2. The van der Waals surface area contributed by atoms with Crippen molar-refractivity contribution in [2.24, 2.45) is 0 Å². The smallest absolute Gasteiger partial charge is 0.325 e. The van der Waals surface area contributed by atoms with Gasteiger partial charge in [0.15, 0.2) is 5.13 Å². The third-order valence-electron chi connectivity index (χ3n) is 1.79. The lowest BCUT2D eigenvalue weighted by Gasteiger charge is -2.00. The number of esters is 2. The summed E-state index contributed by atoms with van der Waals surface area (Å²) in [5.41, 5.74) is 0.626. The Balaban J connectivity index is 2.42. The minimum Gasteiger partial charge on any atom is -0.468 e. The summed E-state index contributed by atoms with van der Waals surface area (Å²) in [6.07, 6.45) is 0.143. The zero-order chi connectivity index (χ0) is 12.7. The van der Waals surface area contributed by atoms with Gasteiger partial charge in [-0.15, -0.1) is 11.3 Å². The summed E-state index contributed by atoms with van der Waals surface area (Å²) >= 11 is 1.32. The number of thiazole rings is 1. The van der Waals surface area contributed by atoms with Crippen molar-refractivity contribution in [3.8, 4) is 0 Å². The molecular formula is C10H14N2O4S. The average molecular weight is 258 g/mol. The van der Waals surface area contributed by atoms with Gasteiger partial charge in [0.05, 0.1) is 25.8 Å². The van der Waals surface area contributed by atoms with Crippen LogP contribution in [-0.4, -0.2) is 37.2 Å². The van der Waals surface area contributed by atoms with E-state index in [0.717, 1.165) is 0 Å². The number of carbonyl (C=O) groups excluding carboxylic acids is 2. The molecule has 0 saturated heterocycles. The van der Waals surface area contributed by atoms with Crippen LogP contribution in [-0.2, 0) is 25.5 Å². The lowest BCUT2D eigenvalue weighted by atomic mass is 10.3. The van der Waals surface area contributed by atoms with Crippen LogP contribution in [0.3, 0.4) is 0 Å². The molecule has 1 N–H and O–H groups in total. The Morgan fingerprint density at radius 2 is 2.24 bits per heavy atom. The van der Waals surface area contributed by atoms with Crippen molar-refractivity contribution >= 4 is 28.4 Å². The van der Waals surface area contributed by atoms with Crippen molar-refractivity contribution < 1.29 is 19.1 Å². The monoisotopic (exact) mass is 258 g/mol. The summed E-state index contributed by atoms with van der Waals surface area (Å²) in [5, 5.41) is 5.13. The van der Waals surface area contributed by atoms with Crippen LogP contribution in [0.1, 0.15) is 12.6 Å². The molecule has 0 radical (unpaired) electrons. The molecule has 0 saturated carbocycles. The molecule has 0 atom stereocenters. The van der Waals surface area contributed by atoms with E-state index >= 15 is 0 Å². The third-order valence-corrected chi connectivity index (χ3v) is 2.64. The number of methoxy groups -OCH3 is 1. The molecule has 1 heterocycles. The molecule has 17 heavy (non-hydrogen) atoms. The number of nitrogens with zero attached hydrogens (tertiary/aromatic N) is 1. The first-order valence-electron chi connectivity index (χ1n) is 5.06. The number of nitrogens with one attached hydrogen (secondary N) is 1. The number of hydrogen-bond donors (Lipinski definition) is 1. The van der Waals surface area contributed by atoms with Gasteiger partial charge in [-0.3, -0.25) is 9.59 Å². The van der Waals surface area contributed by atoms with Crippen molar-refractivity contribution in [3.05, 3.63) is 11.1 Å². The maximum atomic E-state index is 11.2. The van der Waals surface area contributed by atoms with Gasteiger partial charge < -0.3 is 14.8 Å². The molecule has 0 amide bonds. The highest BCUT2D eigenvalue weighted by Gasteiger charge is 2.09. The highest BCUT2D eigenvalue weighted by Crippen LogP contribution is 2.15. The Morgan fingerprint density at radius 1 is 1.47 bits per heavy atom. The summed E-state index contributed by atoms with van der Waals surface area (Å²) in [6, 6.07) is 0. The van der Waals surface area contributed by atoms with Gasteiger partial charge in [-0.1, -0.05) is 0 Å². The Kier molecular flexibility index (Phi) is 5.41. The van der Waals surface area contributed by atoms with Crippen LogP contribution < -0.4 is 5.32 Å². The third kappa shape index (κ3) is 4.81. The van der Waals surface area contributed by atoms with Crippen LogP contribution in [0.15, 0.2) is 5.38 Å². The van der Waals surface area contributed by atoms with E-state index < -0.39 is 0 Å². The van der Waals surface area contributed by atoms with E-state index in [-0.39, 0.29) is 24.9 Å². The first kappa shape index (κ1) is 13.4. The van der Waals surface area contributed by atoms with E-state index in [1.54, 1.807) is 12.3 Å². The molecule has 0 fully saturated rings. The largest absolute Gasteiger partial charge is 0.468 e. The summed E-state index contributed by atoms with van der Waals surface area (Å²) < 4.78 is 9.28. The van der Waals surface area contributed by atoms with Crippen LogP contribution in [0, 0.1) is 0 Å². The van der Waals surface area contributed by atoms with Gasteiger partial charge in [0.25, 0.3) is 0 Å². The molecule has 0 aromatic carbocycles. The van der Waals surface area contributed by atoms with E-state index in [1.807, 2.05) is 0 Å². The van der Waals surface area contributed by atoms with E-state index in [9.17, 15) is 9.59 Å². The molecule has 94 valence electrons.